The van der Waals surface area contributed by atoms with Gasteiger partial charge in [-0.25, -0.2) is 0 Å². The Morgan fingerprint density at radius 2 is 1.79 bits per heavy atom. The van der Waals surface area contributed by atoms with Crippen molar-refractivity contribution in [1.82, 2.24) is 0 Å². The van der Waals surface area contributed by atoms with Crippen molar-refractivity contribution in [3.63, 3.8) is 0 Å². The summed E-state index contributed by atoms with van der Waals surface area (Å²) in [5.74, 6) is 0.832. The summed E-state index contributed by atoms with van der Waals surface area (Å²) >= 11 is 0. The molecule has 0 aliphatic heterocycles. The van der Waals surface area contributed by atoms with E-state index in [0.29, 0.717) is 0 Å². The van der Waals surface area contributed by atoms with E-state index in [2.05, 4.69) is 24.3 Å². The third-order valence-electron chi connectivity index (χ3n) is 2.94. The second-order valence-corrected chi connectivity index (χ2v) is 4.15. The van der Waals surface area contributed by atoms with Gasteiger partial charge in [-0.05, 0) is 24.3 Å². The van der Waals surface area contributed by atoms with E-state index in [1.54, 1.807) is 0 Å². The molecule has 76 valence electrons. The molecule has 0 heterocycles. The third kappa shape index (κ3) is 2.85. The predicted molar refractivity (Wildman–Crippen MR) is 58.1 cm³/mol. The van der Waals surface area contributed by atoms with Gasteiger partial charge in [0.25, 0.3) is 0 Å². The van der Waals surface area contributed by atoms with Crippen molar-refractivity contribution in [3.05, 3.63) is 35.9 Å². The Morgan fingerprint density at radius 1 is 1.07 bits per heavy atom. The lowest BCUT2D eigenvalue weighted by Crippen LogP contribution is -2.05. The van der Waals surface area contributed by atoms with Crippen molar-refractivity contribution in [2.24, 2.45) is 5.92 Å². The molecule has 1 aliphatic rings. The molecule has 0 amide bonds. The second kappa shape index (κ2) is 5.16. The number of ether oxygens (including phenoxy) is 1. The maximum Gasteiger partial charge on any atom is 0.0717 e. The van der Waals surface area contributed by atoms with E-state index in [9.17, 15) is 0 Å². The first-order valence-corrected chi connectivity index (χ1v) is 5.57. The Bertz CT molecular complexity index is 249. The molecule has 14 heavy (non-hydrogen) atoms. The topological polar surface area (TPSA) is 9.23 Å². The zero-order chi connectivity index (χ0) is 9.64. The monoisotopic (exact) mass is 190 g/mol. The molecule has 0 spiro atoms. The van der Waals surface area contributed by atoms with Crippen LogP contribution in [0, 0.1) is 5.92 Å². The molecule has 2 rings (SSSR count). The molecule has 0 radical (unpaired) electrons. The van der Waals surface area contributed by atoms with E-state index < -0.39 is 0 Å². The zero-order valence-electron chi connectivity index (χ0n) is 8.61. The zero-order valence-corrected chi connectivity index (χ0v) is 8.61. The van der Waals surface area contributed by atoms with E-state index in [1.165, 1.54) is 31.2 Å². The van der Waals surface area contributed by atoms with Gasteiger partial charge in [0.1, 0.15) is 0 Å². The van der Waals surface area contributed by atoms with Gasteiger partial charge in [0, 0.05) is 6.61 Å². The van der Waals surface area contributed by atoms with E-state index in [0.717, 1.165) is 19.1 Å². The summed E-state index contributed by atoms with van der Waals surface area (Å²) in [6.45, 7) is 1.73. The molecule has 1 saturated carbocycles. The average molecular weight is 190 g/mol. The largest absolute Gasteiger partial charge is 0.376 e. The summed E-state index contributed by atoms with van der Waals surface area (Å²) in [5.41, 5.74) is 1.28. The van der Waals surface area contributed by atoms with Gasteiger partial charge in [-0.3, -0.25) is 0 Å². The summed E-state index contributed by atoms with van der Waals surface area (Å²) in [5, 5.41) is 0. The van der Waals surface area contributed by atoms with Crippen molar-refractivity contribution in [3.8, 4) is 0 Å². The number of hydrogen-bond acceptors (Lipinski definition) is 1. The van der Waals surface area contributed by atoms with Crippen LogP contribution in [-0.4, -0.2) is 6.61 Å². The molecule has 1 aliphatic carbocycles. The van der Waals surface area contributed by atoms with Crippen LogP contribution in [0.4, 0.5) is 0 Å². The number of rotatable bonds is 4. The number of hydrogen-bond donors (Lipinski definition) is 0. The highest BCUT2D eigenvalue weighted by molar-refractivity contribution is 5.13. The van der Waals surface area contributed by atoms with Crippen molar-refractivity contribution in [2.45, 2.75) is 32.3 Å². The average Bonchev–Trinajstić information content (AvgIpc) is 2.72. The molecular formula is C13H18O. The summed E-state index contributed by atoms with van der Waals surface area (Å²) in [6.07, 6.45) is 5.54. The normalized spacial score (nSPS) is 17.4. The predicted octanol–water partition coefficient (Wildman–Crippen LogP) is 3.39. The molecule has 0 saturated heterocycles. The molecule has 1 aromatic carbocycles. The smallest absolute Gasteiger partial charge is 0.0717 e. The second-order valence-electron chi connectivity index (χ2n) is 4.15. The van der Waals surface area contributed by atoms with Gasteiger partial charge in [0.05, 0.1) is 6.61 Å². The third-order valence-corrected chi connectivity index (χ3v) is 2.94. The fraction of sp³-hybridized carbons (Fsp3) is 0.538. The van der Waals surface area contributed by atoms with Crippen LogP contribution in [0.25, 0.3) is 0 Å². The lowest BCUT2D eigenvalue weighted by molar-refractivity contribution is 0.0889. The molecule has 0 unspecified atom stereocenters. The lowest BCUT2D eigenvalue weighted by Gasteiger charge is -2.09. The van der Waals surface area contributed by atoms with Crippen molar-refractivity contribution in [2.75, 3.05) is 6.61 Å². The van der Waals surface area contributed by atoms with Gasteiger partial charge in [0.15, 0.2) is 0 Å². The molecular weight excluding hydrogens is 172 g/mol. The Labute approximate surface area is 86.1 Å². The summed E-state index contributed by atoms with van der Waals surface area (Å²) in [7, 11) is 0. The minimum absolute atomic E-state index is 0.775. The highest BCUT2D eigenvalue weighted by atomic mass is 16.5. The highest BCUT2D eigenvalue weighted by Gasteiger charge is 2.14. The molecule has 1 aromatic rings. The minimum atomic E-state index is 0.775. The maximum atomic E-state index is 5.70. The Hall–Kier alpha value is -0.820. The molecule has 0 bridgehead atoms. The number of benzene rings is 1. The summed E-state index contributed by atoms with van der Waals surface area (Å²) < 4.78 is 5.70. The maximum absolute atomic E-state index is 5.70. The highest BCUT2D eigenvalue weighted by Crippen LogP contribution is 2.24. The first-order valence-electron chi connectivity index (χ1n) is 5.57. The van der Waals surface area contributed by atoms with Crippen molar-refractivity contribution in [1.29, 1.82) is 0 Å². The van der Waals surface area contributed by atoms with Crippen LogP contribution >= 0.6 is 0 Å². The lowest BCUT2D eigenvalue weighted by atomic mass is 10.1. The molecule has 1 nitrogen and oxygen atoms in total. The van der Waals surface area contributed by atoms with Gasteiger partial charge in [0.2, 0.25) is 0 Å². The first-order chi connectivity index (χ1) is 6.95. The van der Waals surface area contributed by atoms with Crippen LogP contribution in [0.2, 0.25) is 0 Å². The van der Waals surface area contributed by atoms with Crippen LogP contribution in [0.5, 0.6) is 0 Å². The van der Waals surface area contributed by atoms with Gasteiger partial charge in [-0.2, -0.15) is 0 Å². The van der Waals surface area contributed by atoms with Gasteiger partial charge in [-0.1, -0.05) is 43.2 Å². The van der Waals surface area contributed by atoms with Crippen LogP contribution in [0.15, 0.2) is 30.3 Å². The fourth-order valence-corrected chi connectivity index (χ4v) is 2.09. The van der Waals surface area contributed by atoms with E-state index >= 15 is 0 Å². The Kier molecular flexibility index (Phi) is 3.58. The van der Waals surface area contributed by atoms with Crippen LogP contribution in [0.1, 0.15) is 31.2 Å². The molecule has 1 fully saturated rings. The standard InChI is InChI=1S/C13H18O/c1-2-6-12(7-3-1)10-14-11-13-8-4-5-9-13/h1-3,6-7,13H,4-5,8-11H2. The van der Waals surface area contributed by atoms with Gasteiger partial charge in [-0.15, -0.1) is 0 Å². The van der Waals surface area contributed by atoms with E-state index in [-0.39, 0.29) is 0 Å². The first kappa shape index (κ1) is 9.72. The molecule has 0 atom stereocenters. The Morgan fingerprint density at radius 3 is 2.50 bits per heavy atom. The van der Waals surface area contributed by atoms with Gasteiger partial charge < -0.3 is 4.74 Å². The molecule has 0 aromatic heterocycles. The fourth-order valence-electron chi connectivity index (χ4n) is 2.09. The SMILES string of the molecule is c1ccc(COCC2CCCC2)cc1. The summed E-state index contributed by atoms with van der Waals surface area (Å²) in [6, 6.07) is 10.4. The van der Waals surface area contributed by atoms with Crippen LogP contribution < -0.4 is 0 Å². The van der Waals surface area contributed by atoms with E-state index in [1.807, 2.05) is 6.07 Å². The quantitative estimate of drug-likeness (QED) is 0.707. The minimum Gasteiger partial charge on any atom is -0.376 e. The van der Waals surface area contributed by atoms with Gasteiger partial charge >= 0.3 is 0 Å². The van der Waals surface area contributed by atoms with Crippen molar-refractivity contribution >= 4 is 0 Å². The van der Waals surface area contributed by atoms with E-state index in [4.69, 9.17) is 4.74 Å². The molecule has 1 heteroatoms. The van der Waals surface area contributed by atoms with Crippen molar-refractivity contribution < 1.29 is 4.74 Å². The Balaban J connectivity index is 1.67. The summed E-state index contributed by atoms with van der Waals surface area (Å²) in [4.78, 5) is 0. The van der Waals surface area contributed by atoms with Crippen LogP contribution in [-0.2, 0) is 11.3 Å². The van der Waals surface area contributed by atoms with Crippen LogP contribution in [0.3, 0.4) is 0 Å². The molecule has 0 N–H and O–H groups in total.